The van der Waals surface area contributed by atoms with Crippen molar-refractivity contribution >= 4 is 44.9 Å². The van der Waals surface area contributed by atoms with E-state index in [-0.39, 0.29) is 12.5 Å². The number of ether oxygens (including phenoxy) is 1. The Bertz CT molecular complexity index is 885. The molecule has 1 atom stereocenters. The zero-order valence-electron chi connectivity index (χ0n) is 15.0. The number of benzene rings is 2. The summed E-state index contributed by atoms with van der Waals surface area (Å²) in [6, 6.07) is 10.6. The number of aryl methyl sites for hydroxylation is 1. The molecule has 148 valence electrons. The Morgan fingerprint density at radius 3 is 2.33 bits per heavy atom. The van der Waals surface area contributed by atoms with E-state index in [9.17, 15) is 8.42 Å². The maximum atomic E-state index is 11.4. The maximum Gasteiger partial charge on any atom is 0.264 e. The highest BCUT2D eigenvalue weighted by molar-refractivity contribution is 7.85. The van der Waals surface area contributed by atoms with Crippen LogP contribution in [0.25, 0.3) is 0 Å². The van der Waals surface area contributed by atoms with E-state index in [4.69, 9.17) is 43.7 Å². The van der Waals surface area contributed by atoms with Gasteiger partial charge >= 0.3 is 0 Å². The van der Waals surface area contributed by atoms with Crippen LogP contribution in [0.3, 0.4) is 0 Å². The van der Waals surface area contributed by atoms with E-state index >= 15 is 0 Å². The standard InChI is InChI=1S/C19H21Cl3O4S/c1-13-10-15(20)6-8-19(13)25-9-3-4-14(12-26-27(2,23)24)17-7-5-16(21)11-18(17)22/h5-8,10-11,14H,3-4,9,12H2,1-2H3. The third kappa shape index (κ3) is 7.51. The summed E-state index contributed by atoms with van der Waals surface area (Å²) in [5.74, 6) is 0.576. The van der Waals surface area contributed by atoms with E-state index in [1.165, 1.54) is 0 Å². The van der Waals surface area contributed by atoms with Gasteiger partial charge in [0.15, 0.2) is 0 Å². The van der Waals surface area contributed by atoms with Crippen LogP contribution in [0, 0.1) is 6.92 Å². The van der Waals surface area contributed by atoms with E-state index < -0.39 is 10.1 Å². The molecule has 0 heterocycles. The average Bonchev–Trinajstić information content (AvgIpc) is 2.55. The van der Waals surface area contributed by atoms with Gasteiger partial charge in [0.2, 0.25) is 0 Å². The molecule has 0 saturated carbocycles. The molecule has 0 aliphatic carbocycles. The van der Waals surface area contributed by atoms with Crippen LogP contribution in [-0.2, 0) is 14.3 Å². The van der Waals surface area contributed by atoms with E-state index in [2.05, 4.69) is 0 Å². The first-order chi connectivity index (χ1) is 12.7. The summed E-state index contributed by atoms with van der Waals surface area (Å²) in [6.07, 6.45) is 2.36. The van der Waals surface area contributed by atoms with Gasteiger partial charge in [-0.1, -0.05) is 40.9 Å². The molecule has 0 aliphatic heterocycles. The van der Waals surface area contributed by atoms with E-state index in [1.807, 2.05) is 19.1 Å². The molecule has 1 unspecified atom stereocenters. The lowest BCUT2D eigenvalue weighted by Crippen LogP contribution is -2.14. The van der Waals surface area contributed by atoms with Crippen molar-refractivity contribution in [3.05, 3.63) is 62.6 Å². The first-order valence-electron chi connectivity index (χ1n) is 8.34. The van der Waals surface area contributed by atoms with Gasteiger partial charge in [0.1, 0.15) is 5.75 Å². The second-order valence-corrected chi connectivity index (χ2v) is 9.18. The molecule has 0 N–H and O–H groups in total. The average molecular weight is 452 g/mol. The fourth-order valence-electron chi connectivity index (χ4n) is 2.65. The van der Waals surface area contributed by atoms with Gasteiger partial charge in [0.05, 0.1) is 19.5 Å². The van der Waals surface area contributed by atoms with Crippen molar-refractivity contribution in [3.8, 4) is 5.75 Å². The fraction of sp³-hybridized carbons (Fsp3) is 0.368. The van der Waals surface area contributed by atoms with Crippen LogP contribution in [0.4, 0.5) is 0 Å². The second kappa shape index (κ2) is 9.99. The molecule has 0 fully saturated rings. The van der Waals surface area contributed by atoms with Gasteiger partial charge in [0.25, 0.3) is 10.1 Å². The highest BCUT2D eigenvalue weighted by Crippen LogP contribution is 2.31. The van der Waals surface area contributed by atoms with Gasteiger partial charge in [0, 0.05) is 21.0 Å². The summed E-state index contributed by atoms with van der Waals surface area (Å²) < 4.78 is 33.6. The fourth-order valence-corrected chi connectivity index (χ4v) is 3.85. The molecule has 2 rings (SSSR count). The molecule has 0 spiro atoms. The third-order valence-electron chi connectivity index (χ3n) is 3.98. The van der Waals surface area contributed by atoms with Gasteiger partial charge < -0.3 is 4.74 Å². The first kappa shape index (κ1) is 22.3. The summed E-state index contributed by atoms with van der Waals surface area (Å²) >= 11 is 18.2. The molecular formula is C19H21Cl3O4S. The highest BCUT2D eigenvalue weighted by atomic mass is 35.5. The SMILES string of the molecule is Cc1cc(Cl)ccc1OCCCC(COS(C)(=O)=O)c1ccc(Cl)cc1Cl. The number of hydrogen-bond donors (Lipinski definition) is 0. The molecule has 0 amide bonds. The van der Waals surface area contributed by atoms with E-state index in [0.29, 0.717) is 34.5 Å². The minimum Gasteiger partial charge on any atom is -0.493 e. The molecule has 0 saturated heterocycles. The van der Waals surface area contributed by atoms with Gasteiger partial charge in [-0.25, -0.2) is 0 Å². The quantitative estimate of drug-likeness (QED) is 0.353. The lowest BCUT2D eigenvalue weighted by molar-refractivity contribution is 0.263. The molecular weight excluding hydrogens is 431 g/mol. The second-order valence-electron chi connectivity index (χ2n) is 6.25. The Labute approximate surface area is 175 Å². The molecule has 27 heavy (non-hydrogen) atoms. The molecule has 4 nitrogen and oxygen atoms in total. The van der Waals surface area contributed by atoms with Gasteiger partial charge in [-0.05, 0) is 61.2 Å². The summed E-state index contributed by atoms with van der Waals surface area (Å²) in [4.78, 5) is 0. The normalized spacial score (nSPS) is 12.8. The zero-order valence-corrected chi connectivity index (χ0v) is 18.1. The lowest BCUT2D eigenvalue weighted by atomic mass is 9.95. The van der Waals surface area contributed by atoms with Crippen molar-refractivity contribution in [1.82, 2.24) is 0 Å². The molecule has 2 aromatic carbocycles. The molecule has 0 bridgehead atoms. The summed E-state index contributed by atoms with van der Waals surface area (Å²) in [5.41, 5.74) is 1.76. The van der Waals surface area contributed by atoms with Gasteiger partial charge in [-0.15, -0.1) is 0 Å². The Hall–Kier alpha value is -0.980. The highest BCUT2D eigenvalue weighted by Gasteiger charge is 2.18. The Morgan fingerprint density at radius 2 is 1.70 bits per heavy atom. The van der Waals surface area contributed by atoms with Crippen LogP contribution in [-0.4, -0.2) is 27.9 Å². The van der Waals surface area contributed by atoms with E-state index in [1.54, 1.807) is 24.3 Å². The van der Waals surface area contributed by atoms with Crippen LogP contribution in [0.15, 0.2) is 36.4 Å². The van der Waals surface area contributed by atoms with Gasteiger partial charge in [-0.2, -0.15) is 8.42 Å². The largest absolute Gasteiger partial charge is 0.493 e. The molecule has 2 aromatic rings. The summed E-state index contributed by atoms with van der Waals surface area (Å²) in [7, 11) is -3.54. The molecule has 0 aliphatic rings. The van der Waals surface area contributed by atoms with Crippen LogP contribution < -0.4 is 4.74 Å². The third-order valence-corrected chi connectivity index (χ3v) is 5.34. The smallest absolute Gasteiger partial charge is 0.264 e. The van der Waals surface area contributed by atoms with Crippen LogP contribution in [0.5, 0.6) is 5.75 Å². The Kier molecular flexibility index (Phi) is 8.25. The van der Waals surface area contributed by atoms with Crippen LogP contribution >= 0.6 is 34.8 Å². The number of rotatable bonds is 9. The predicted octanol–water partition coefficient (Wildman–Crippen LogP) is 5.87. The summed E-state index contributed by atoms with van der Waals surface area (Å²) in [6.45, 7) is 2.42. The van der Waals surface area contributed by atoms with Crippen LogP contribution in [0.1, 0.15) is 29.9 Å². The maximum absolute atomic E-state index is 11.4. The topological polar surface area (TPSA) is 52.6 Å². The number of halogens is 3. The van der Waals surface area contributed by atoms with Crippen molar-refractivity contribution in [2.75, 3.05) is 19.5 Å². The van der Waals surface area contributed by atoms with Crippen molar-refractivity contribution in [2.45, 2.75) is 25.7 Å². The molecule has 8 heteroatoms. The van der Waals surface area contributed by atoms with Crippen molar-refractivity contribution in [1.29, 1.82) is 0 Å². The number of hydrogen-bond acceptors (Lipinski definition) is 4. The minimum atomic E-state index is -3.54. The van der Waals surface area contributed by atoms with Crippen molar-refractivity contribution in [3.63, 3.8) is 0 Å². The predicted molar refractivity (Wildman–Crippen MR) is 111 cm³/mol. The van der Waals surface area contributed by atoms with Crippen molar-refractivity contribution in [2.24, 2.45) is 0 Å². The first-order valence-corrected chi connectivity index (χ1v) is 11.3. The Balaban J connectivity index is 2.01. The summed E-state index contributed by atoms with van der Waals surface area (Å²) in [5, 5.41) is 1.67. The van der Waals surface area contributed by atoms with Gasteiger partial charge in [-0.3, -0.25) is 4.18 Å². The molecule has 0 aromatic heterocycles. The monoisotopic (exact) mass is 450 g/mol. The Morgan fingerprint density at radius 1 is 1.04 bits per heavy atom. The minimum absolute atomic E-state index is 0.0140. The zero-order chi connectivity index (χ0) is 20.0. The molecule has 0 radical (unpaired) electrons. The van der Waals surface area contributed by atoms with E-state index in [0.717, 1.165) is 23.1 Å². The van der Waals surface area contributed by atoms with Crippen molar-refractivity contribution < 1.29 is 17.3 Å². The van der Waals surface area contributed by atoms with Crippen LogP contribution in [0.2, 0.25) is 15.1 Å². The lowest BCUT2D eigenvalue weighted by Gasteiger charge is -2.19.